The third-order valence-electron chi connectivity index (χ3n) is 2.43. The fraction of sp³-hybridized carbons (Fsp3) is 0.364. The van der Waals surface area contributed by atoms with Crippen LogP contribution in [0.25, 0.3) is 0 Å². The van der Waals surface area contributed by atoms with Crippen molar-refractivity contribution in [1.82, 2.24) is 10.2 Å². The van der Waals surface area contributed by atoms with E-state index in [0.29, 0.717) is 12.3 Å². The van der Waals surface area contributed by atoms with Gasteiger partial charge in [-0.05, 0) is 19.1 Å². The van der Waals surface area contributed by atoms with Gasteiger partial charge in [-0.1, -0.05) is 0 Å². The molecule has 0 aliphatic carbocycles. The maximum Gasteiger partial charge on any atom is 0.374 e. The number of nitrogens with zero attached hydrogens (tertiary/aromatic N) is 1. The molecule has 1 N–H and O–H groups in total. The molecule has 1 aliphatic heterocycles. The van der Waals surface area contributed by atoms with E-state index in [0.717, 1.165) is 4.90 Å². The number of carbonyl (C=O) groups excluding carboxylic acids is 3. The van der Waals surface area contributed by atoms with Gasteiger partial charge in [0.05, 0.1) is 0 Å². The molecule has 0 aromatic carbocycles. The number of aryl methyl sites for hydroxylation is 1. The van der Waals surface area contributed by atoms with Gasteiger partial charge in [-0.15, -0.1) is 0 Å². The van der Waals surface area contributed by atoms with Crippen LogP contribution in [0.15, 0.2) is 16.5 Å². The SMILES string of the molecule is Cc1ccc(C(=O)OCC(=O)N2CCNC2=O)o1. The van der Waals surface area contributed by atoms with Gasteiger partial charge in [0.25, 0.3) is 5.91 Å². The Morgan fingerprint density at radius 3 is 2.83 bits per heavy atom. The lowest BCUT2D eigenvalue weighted by Crippen LogP contribution is -2.37. The molecule has 1 aromatic rings. The van der Waals surface area contributed by atoms with E-state index in [2.05, 4.69) is 5.32 Å². The van der Waals surface area contributed by atoms with E-state index in [9.17, 15) is 14.4 Å². The lowest BCUT2D eigenvalue weighted by molar-refractivity contribution is -0.130. The second-order valence-corrected chi connectivity index (χ2v) is 3.76. The second kappa shape index (κ2) is 4.91. The summed E-state index contributed by atoms with van der Waals surface area (Å²) in [6, 6.07) is 2.61. The fourth-order valence-electron chi connectivity index (χ4n) is 1.53. The third-order valence-corrected chi connectivity index (χ3v) is 2.43. The van der Waals surface area contributed by atoms with Crippen LogP contribution in [0.5, 0.6) is 0 Å². The third kappa shape index (κ3) is 2.50. The summed E-state index contributed by atoms with van der Waals surface area (Å²) >= 11 is 0. The molecule has 3 amide bonds. The number of imide groups is 1. The molecule has 2 heterocycles. The van der Waals surface area contributed by atoms with Gasteiger partial charge in [-0.25, -0.2) is 9.59 Å². The molecule has 0 saturated carbocycles. The fourth-order valence-corrected chi connectivity index (χ4v) is 1.53. The Labute approximate surface area is 103 Å². The van der Waals surface area contributed by atoms with E-state index in [-0.39, 0.29) is 12.3 Å². The van der Waals surface area contributed by atoms with E-state index in [1.807, 2.05) is 0 Å². The summed E-state index contributed by atoms with van der Waals surface area (Å²) in [5.41, 5.74) is 0. The molecule has 1 aliphatic rings. The lowest BCUT2D eigenvalue weighted by atomic mass is 10.4. The molecule has 18 heavy (non-hydrogen) atoms. The smallest absolute Gasteiger partial charge is 0.374 e. The zero-order valence-electron chi connectivity index (χ0n) is 9.76. The summed E-state index contributed by atoms with van der Waals surface area (Å²) in [6.07, 6.45) is 0. The minimum absolute atomic E-state index is 0.0335. The largest absolute Gasteiger partial charge is 0.454 e. The quantitative estimate of drug-likeness (QED) is 0.781. The number of amides is 3. The normalized spacial score (nSPS) is 14.5. The first kappa shape index (κ1) is 12.2. The highest BCUT2D eigenvalue weighted by atomic mass is 16.5. The van der Waals surface area contributed by atoms with Gasteiger partial charge in [0.15, 0.2) is 6.61 Å². The number of urea groups is 1. The minimum atomic E-state index is -0.726. The van der Waals surface area contributed by atoms with E-state index in [4.69, 9.17) is 9.15 Å². The van der Waals surface area contributed by atoms with Gasteiger partial charge in [0, 0.05) is 13.1 Å². The highest BCUT2D eigenvalue weighted by Gasteiger charge is 2.27. The zero-order chi connectivity index (χ0) is 13.1. The first-order chi connectivity index (χ1) is 8.58. The number of esters is 1. The number of carbonyl (C=O) groups is 3. The summed E-state index contributed by atoms with van der Waals surface area (Å²) in [4.78, 5) is 35.2. The lowest BCUT2D eigenvalue weighted by Gasteiger charge is -2.11. The van der Waals surface area contributed by atoms with E-state index < -0.39 is 24.5 Å². The van der Waals surface area contributed by atoms with Crippen molar-refractivity contribution in [1.29, 1.82) is 0 Å². The van der Waals surface area contributed by atoms with Crippen LogP contribution in [0, 0.1) is 6.92 Å². The van der Waals surface area contributed by atoms with Crippen LogP contribution < -0.4 is 5.32 Å². The number of nitrogens with one attached hydrogen (secondary N) is 1. The van der Waals surface area contributed by atoms with Gasteiger partial charge >= 0.3 is 12.0 Å². The Balaban J connectivity index is 1.86. The van der Waals surface area contributed by atoms with Crippen LogP contribution in [0.1, 0.15) is 16.3 Å². The molecule has 0 bridgehead atoms. The number of rotatable bonds is 3. The number of furan rings is 1. The van der Waals surface area contributed by atoms with Gasteiger partial charge in [-0.3, -0.25) is 9.69 Å². The van der Waals surface area contributed by atoms with Gasteiger partial charge in [0.1, 0.15) is 5.76 Å². The molecule has 0 atom stereocenters. The molecule has 2 rings (SSSR count). The highest BCUT2D eigenvalue weighted by molar-refractivity contribution is 5.97. The summed E-state index contributed by atoms with van der Waals surface area (Å²) in [6.45, 7) is 1.91. The summed E-state index contributed by atoms with van der Waals surface area (Å²) in [5, 5.41) is 2.48. The first-order valence-electron chi connectivity index (χ1n) is 5.39. The standard InChI is InChI=1S/C11H12N2O5/c1-7-2-3-8(18-7)10(15)17-6-9(14)13-5-4-12-11(13)16/h2-3H,4-6H2,1H3,(H,12,16). The number of hydrogen-bond acceptors (Lipinski definition) is 5. The zero-order valence-corrected chi connectivity index (χ0v) is 9.76. The molecule has 1 saturated heterocycles. The predicted octanol–water partition coefficient (Wildman–Crippen LogP) is 0.297. The monoisotopic (exact) mass is 252 g/mol. The Kier molecular flexibility index (Phi) is 3.31. The van der Waals surface area contributed by atoms with E-state index in [1.165, 1.54) is 6.07 Å². The molecule has 7 nitrogen and oxygen atoms in total. The van der Waals surface area contributed by atoms with Crippen molar-refractivity contribution in [3.8, 4) is 0 Å². The van der Waals surface area contributed by atoms with Crippen molar-refractivity contribution in [2.75, 3.05) is 19.7 Å². The van der Waals surface area contributed by atoms with Crippen molar-refractivity contribution >= 4 is 17.9 Å². The van der Waals surface area contributed by atoms with Crippen molar-refractivity contribution < 1.29 is 23.5 Å². The van der Waals surface area contributed by atoms with Crippen LogP contribution >= 0.6 is 0 Å². The molecule has 0 spiro atoms. The van der Waals surface area contributed by atoms with Crippen molar-refractivity contribution in [2.45, 2.75) is 6.92 Å². The maximum absolute atomic E-state index is 11.6. The van der Waals surface area contributed by atoms with Gasteiger partial charge < -0.3 is 14.5 Å². The van der Waals surface area contributed by atoms with Crippen LogP contribution in [0.4, 0.5) is 4.79 Å². The Morgan fingerprint density at radius 1 is 1.50 bits per heavy atom. The number of hydrogen-bond donors (Lipinski definition) is 1. The summed E-state index contributed by atoms with van der Waals surface area (Å²) in [7, 11) is 0. The molecule has 96 valence electrons. The average molecular weight is 252 g/mol. The molecule has 0 radical (unpaired) electrons. The van der Waals surface area contributed by atoms with Crippen LogP contribution in [-0.2, 0) is 9.53 Å². The van der Waals surface area contributed by atoms with E-state index in [1.54, 1.807) is 13.0 Å². The maximum atomic E-state index is 11.6. The van der Waals surface area contributed by atoms with Crippen molar-refractivity contribution in [3.05, 3.63) is 23.7 Å². The molecule has 1 fully saturated rings. The Bertz CT molecular complexity index is 493. The first-order valence-corrected chi connectivity index (χ1v) is 5.39. The van der Waals surface area contributed by atoms with E-state index >= 15 is 0 Å². The van der Waals surface area contributed by atoms with Crippen LogP contribution in [0.2, 0.25) is 0 Å². The van der Waals surface area contributed by atoms with Crippen LogP contribution in [0.3, 0.4) is 0 Å². The van der Waals surface area contributed by atoms with Gasteiger partial charge in [0.2, 0.25) is 5.76 Å². The average Bonchev–Trinajstić information content (AvgIpc) is 2.94. The Hall–Kier alpha value is -2.31. The molecule has 1 aromatic heterocycles. The number of ether oxygens (including phenoxy) is 1. The highest BCUT2D eigenvalue weighted by Crippen LogP contribution is 2.08. The van der Waals surface area contributed by atoms with Gasteiger partial charge in [-0.2, -0.15) is 0 Å². The molecular formula is C11H12N2O5. The topological polar surface area (TPSA) is 88.9 Å². The second-order valence-electron chi connectivity index (χ2n) is 3.76. The van der Waals surface area contributed by atoms with Crippen LogP contribution in [-0.4, -0.2) is 42.5 Å². The van der Waals surface area contributed by atoms with Crippen molar-refractivity contribution in [3.63, 3.8) is 0 Å². The molecule has 7 heteroatoms. The summed E-state index contributed by atoms with van der Waals surface area (Å²) in [5.74, 6) is -0.670. The predicted molar refractivity (Wildman–Crippen MR) is 58.8 cm³/mol. The minimum Gasteiger partial charge on any atom is -0.454 e. The molecule has 0 unspecified atom stereocenters. The molecular weight excluding hydrogens is 240 g/mol. The Morgan fingerprint density at radius 2 is 2.28 bits per heavy atom. The summed E-state index contributed by atoms with van der Waals surface area (Å²) < 4.78 is 9.81. The van der Waals surface area contributed by atoms with Crippen molar-refractivity contribution in [2.24, 2.45) is 0 Å².